The molecule has 3 aliphatic heterocycles. The zero-order valence-electron chi connectivity index (χ0n) is 18.3. The molecule has 0 N–H and O–H groups in total. The lowest BCUT2D eigenvalue weighted by atomic mass is 10.1. The second-order valence-corrected chi connectivity index (χ2v) is 10.9. The third-order valence-electron chi connectivity index (χ3n) is 5.30. The SMILES string of the molecule is FC(F)(F)C1(C(F)(F)F)CS/C(=N\C2(/N=C3\OC(C(F)(F)F)(C(F)(F)F)CS3)OC(C(F)(F)F)(C(F)(F)F)CS2)O1. The summed E-state index contributed by atoms with van der Waals surface area (Å²) >= 11 is -2.24. The number of nitrogens with zero attached hydrogens (tertiary/aromatic N) is 2. The molecule has 1 atom stereocenters. The Kier molecular flexibility index (Phi) is 8.00. The minimum atomic E-state index is -6.49. The van der Waals surface area contributed by atoms with Gasteiger partial charge in [-0.15, -0.1) is 0 Å². The van der Waals surface area contributed by atoms with Crippen LogP contribution in [0.4, 0.5) is 79.0 Å². The molecular weight excluding hydrogens is 694 g/mol. The molecule has 3 aliphatic rings. The van der Waals surface area contributed by atoms with E-state index in [0.29, 0.717) is 0 Å². The maximum Gasteiger partial charge on any atom is 0.438 e. The molecule has 5 nitrogen and oxygen atoms in total. The summed E-state index contributed by atoms with van der Waals surface area (Å²) in [6.07, 6.45) is -38.2. The maximum absolute atomic E-state index is 13.5. The van der Waals surface area contributed by atoms with Crippen LogP contribution in [0.1, 0.15) is 0 Å². The van der Waals surface area contributed by atoms with E-state index in [1.165, 1.54) is 0 Å². The number of hydrogen-bond donors (Lipinski definition) is 0. The predicted molar refractivity (Wildman–Crippen MR) is 103 cm³/mol. The Morgan fingerprint density at radius 1 is 0.463 bits per heavy atom. The Balaban J connectivity index is 2.18. The Morgan fingerprint density at radius 3 is 0.976 bits per heavy atom. The van der Waals surface area contributed by atoms with Gasteiger partial charge in [0.05, 0.1) is 11.5 Å². The summed E-state index contributed by atoms with van der Waals surface area (Å²) in [5.41, 5.74) is -15.6. The fraction of sp³-hybridized carbons (Fsp3) is 0.867. The number of ether oxygens (including phenoxy) is 3. The molecule has 26 heteroatoms. The van der Waals surface area contributed by atoms with Crippen molar-refractivity contribution in [3.63, 3.8) is 0 Å². The quantitative estimate of drug-likeness (QED) is 0.285. The number of halogens is 18. The van der Waals surface area contributed by atoms with Gasteiger partial charge in [0.2, 0.25) is 0 Å². The minimum absolute atomic E-state index is 0.675. The molecule has 0 bridgehead atoms. The summed E-state index contributed by atoms with van der Waals surface area (Å²) in [5.74, 6) is -6.68. The monoisotopic (exact) mass is 700 g/mol. The number of hydrogen-bond acceptors (Lipinski definition) is 8. The molecule has 3 saturated heterocycles. The fourth-order valence-corrected chi connectivity index (χ4v) is 6.61. The van der Waals surface area contributed by atoms with E-state index in [4.69, 9.17) is 0 Å². The van der Waals surface area contributed by atoms with Crippen molar-refractivity contribution in [3.8, 4) is 0 Å². The minimum Gasteiger partial charge on any atom is -0.446 e. The molecule has 0 radical (unpaired) electrons. The van der Waals surface area contributed by atoms with Crippen molar-refractivity contribution in [2.45, 2.75) is 59.0 Å². The van der Waals surface area contributed by atoms with Crippen molar-refractivity contribution in [3.05, 3.63) is 0 Å². The molecule has 3 heterocycles. The van der Waals surface area contributed by atoms with E-state index in [1.54, 1.807) is 0 Å². The lowest BCUT2D eigenvalue weighted by molar-refractivity contribution is -0.378. The molecule has 0 aliphatic carbocycles. The lowest BCUT2D eigenvalue weighted by Crippen LogP contribution is -2.59. The van der Waals surface area contributed by atoms with E-state index in [1.807, 2.05) is 0 Å². The summed E-state index contributed by atoms with van der Waals surface area (Å²) < 4.78 is 252. The van der Waals surface area contributed by atoms with E-state index >= 15 is 0 Å². The van der Waals surface area contributed by atoms with Crippen LogP contribution >= 0.6 is 35.3 Å². The van der Waals surface area contributed by atoms with Gasteiger partial charge in [0.1, 0.15) is 0 Å². The van der Waals surface area contributed by atoms with E-state index in [0.717, 1.165) is 0 Å². The van der Waals surface area contributed by atoms with Crippen LogP contribution < -0.4 is 0 Å². The van der Waals surface area contributed by atoms with E-state index in [9.17, 15) is 79.0 Å². The largest absolute Gasteiger partial charge is 0.446 e. The second-order valence-electron chi connectivity index (χ2n) is 7.94. The van der Waals surface area contributed by atoms with Crippen LogP contribution in [-0.4, -0.2) is 86.8 Å². The molecule has 0 aromatic rings. The molecular formula is C15H6F18N2O3S3. The molecule has 3 fully saturated rings. The highest BCUT2D eigenvalue weighted by Gasteiger charge is 2.80. The molecule has 0 amide bonds. The topological polar surface area (TPSA) is 52.4 Å². The first kappa shape index (κ1) is 34.2. The zero-order valence-corrected chi connectivity index (χ0v) is 20.7. The van der Waals surface area contributed by atoms with Crippen LogP contribution in [0.2, 0.25) is 0 Å². The lowest BCUT2D eigenvalue weighted by Gasteiger charge is -2.34. The fourth-order valence-electron chi connectivity index (χ4n) is 3.02. The first-order valence-corrected chi connectivity index (χ1v) is 12.5. The molecule has 0 aromatic carbocycles. The Bertz CT molecular complexity index is 985. The maximum atomic E-state index is 13.5. The number of thioether (sulfide) groups is 3. The molecule has 41 heavy (non-hydrogen) atoms. The first-order valence-electron chi connectivity index (χ1n) is 9.56. The van der Waals surface area contributed by atoms with Gasteiger partial charge in [0, 0.05) is 5.75 Å². The van der Waals surface area contributed by atoms with Crippen LogP contribution in [-0.2, 0) is 14.2 Å². The average molecular weight is 700 g/mol. The van der Waals surface area contributed by atoms with Crippen LogP contribution in [0.15, 0.2) is 9.98 Å². The normalized spacial score (nSPS) is 29.2. The summed E-state index contributed by atoms with van der Waals surface area (Å²) in [6.45, 7) is 0. The van der Waals surface area contributed by atoms with Gasteiger partial charge in [0.15, 0.2) is 0 Å². The van der Waals surface area contributed by atoms with Crippen molar-refractivity contribution >= 4 is 45.7 Å². The third kappa shape index (κ3) is 5.46. The van der Waals surface area contributed by atoms with E-state index in [-0.39, 0.29) is 0 Å². The van der Waals surface area contributed by atoms with Gasteiger partial charge in [-0.1, -0.05) is 35.3 Å². The van der Waals surface area contributed by atoms with Crippen LogP contribution in [0.5, 0.6) is 0 Å². The molecule has 0 spiro atoms. The van der Waals surface area contributed by atoms with Gasteiger partial charge in [-0.05, 0) is 0 Å². The molecule has 238 valence electrons. The van der Waals surface area contributed by atoms with Gasteiger partial charge >= 0.3 is 53.4 Å². The number of aliphatic imine (C=N–C) groups is 2. The Labute approximate surface area is 225 Å². The number of alkyl halides is 18. The smallest absolute Gasteiger partial charge is 0.438 e. The summed E-state index contributed by atoms with van der Waals surface area (Å²) in [5, 5.41) is -8.02. The number of rotatable bonds is 2. The van der Waals surface area contributed by atoms with Crippen molar-refractivity contribution in [1.29, 1.82) is 0 Å². The average Bonchev–Trinajstić information content (AvgIpc) is 3.42. The van der Waals surface area contributed by atoms with E-state index in [2.05, 4.69) is 24.2 Å². The van der Waals surface area contributed by atoms with Gasteiger partial charge in [-0.25, -0.2) is 0 Å². The van der Waals surface area contributed by atoms with Crippen LogP contribution in [0, 0.1) is 0 Å². The van der Waals surface area contributed by atoms with Gasteiger partial charge in [-0.2, -0.15) is 89.0 Å². The molecule has 0 saturated carbocycles. The zero-order chi connectivity index (χ0) is 31.9. The van der Waals surface area contributed by atoms with Crippen LogP contribution in [0.3, 0.4) is 0 Å². The first-order chi connectivity index (χ1) is 18.0. The van der Waals surface area contributed by atoms with Gasteiger partial charge < -0.3 is 14.2 Å². The van der Waals surface area contributed by atoms with Crippen molar-refractivity contribution in [2.75, 3.05) is 17.3 Å². The standard InChI is InChI=1S/C15H6F18N2O3S3/c16-9(17,18)6(10(19,20)21)1-39-4(36-6)34-15(38-8(3-41-15,13(28,29)30)14(31,32)33)35-5-37-7(2-40-5,11(22,23)24)12(25,26)27/h1-3H2/b34-4-,35-5+. The highest BCUT2D eigenvalue weighted by atomic mass is 32.2. The van der Waals surface area contributed by atoms with Crippen molar-refractivity contribution < 1.29 is 93.2 Å². The predicted octanol–water partition coefficient (Wildman–Crippen LogP) is 7.19. The van der Waals surface area contributed by atoms with Gasteiger partial charge in [0.25, 0.3) is 16.1 Å². The molecule has 0 aromatic heterocycles. The highest BCUT2D eigenvalue weighted by molar-refractivity contribution is 8.14. The Morgan fingerprint density at radius 2 is 0.756 bits per heavy atom. The van der Waals surface area contributed by atoms with Crippen LogP contribution in [0.25, 0.3) is 0 Å². The van der Waals surface area contributed by atoms with Crippen molar-refractivity contribution in [2.24, 2.45) is 9.98 Å². The summed E-state index contributed by atoms with van der Waals surface area (Å²) in [4.78, 5) is 5.48. The van der Waals surface area contributed by atoms with Crippen molar-refractivity contribution in [1.82, 2.24) is 0 Å². The summed E-state index contributed by atoms with van der Waals surface area (Å²) in [7, 11) is 0. The molecule has 1 unspecified atom stereocenters. The van der Waals surface area contributed by atoms with Gasteiger partial charge in [-0.3, -0.25) is 0 Å². The third-order valence-corrected chi connectivity index (χ3v) is 8.44. The highest BCUT2D eigenvalue weighted by Crippen LogP contribution is 2.60. The summed E-state index contributed by atoms with van der Waals surface area (Å²) in [6, 6.07) is 0. The van der Waals surface area contributed by atoms with E-state index < -0.39 is 122 Å². The Hall–Kier alpha value is -1.31. The second kappa shape index (κ2) is 9.59. The molecule has 3 rings (SSSR count).